The van der Waals surface area contributed by atoms with E-state index in [-0.39, 0.29) is 16.2 Å². The van der Waals surface area contributed by atoms with E-state index in [0.29, 0.717) is 17.1 Å². The lowest BCUT2D eigenvalue weighted by Crippen LogP contribution is -2.30. The fourth-order valence-electron chi connectivity index (χ4n) is 1.96. The summed E-state index contributed by atoms with van der Waals surface area (Å²) in [6.07, 6.45) is 0. The average Bonchev–Trinajstić information content (AvgIpc) is 2.77. The molecular weight excluding hydrogens is 306 g/mol. The van der Waals surface area contributed by atoms with Crippen LogP contribution in [0.15, 0.2) is 39.6 Å². The molecule has 1 aromatic heterocycles. The highest BCUT2D eigenvalue weighted by atomic mass is 32.2. The summed E-state index contributed by atoms with van der Waals surface area (Å²) in [6.45, 7) is 4.63. The number of benzene rings is 1. The highest BCUT2D eigenvalue weighted by Crippen LogP contribution is 2.16. The van der Waals surface area contributed by atoms with Gasteiger partial charge in [-0.15, -0.1) is 0 Å². The average molecular weight is 321 g/mol. The monoisotopic (exact) mass is 321 g/mol. The summed E-state index contributed by atoms with van der Waals surface area (Å²) in [5.74, 6) is -0.0644. The van der Waals surface area contributed by atoms with E-state index in [4.69, 9.17) is 4.42 Å². The summed E-state index contributed by atoms with van der Waals surface area (Å²) in [6, 6.07) is 6.82. The molecule has 0 unspecified atom stereocenters. The summed E-state index contributed by atoms with van der Waals surface area (Å²) in [7, 11) is -4.01. The minimum Gasteiger partial charge on any atom is -0.466 e. The van der Waals surface area contributed by atoms with Gasteiger partial charge in [0.2, 0.25) is 0 Å². The van der Waals surface area contributed by atoms with Gasteiger partial charge in [0.1, 0.15) is 11.5 Å². The van der Waals surface area contributed by atoms with Crippen molar-refractivity contribution < 1.29 is 22.4 Å². The van der Waals surface area contributed by atoms with Gasteiger partial charge in [-0.05, 0) is 39.0 Å². The molecule has 0 spiro atoms. The van der Waals surface area contributed by atoms with E-state index in [1.807, 2.05) is 4.72 Å². The van der Waals surface area contributed by atoms with Crippen LogP contribution < -0.4 is 4.72 Å². The molecular formula is C15H15NO5S. The van der Waals surface area contributed by atoms with Crippen molar-refractivity contribution in [1.82, 2.24) is 4.72 Å². The zero-order valence-electron chi connectivity index (χ0n) is 12.3. The maximum atomic E-state index is 12.2. The van der Waals surface area contributed by atoms with Crippen LogP contribution in [0.3, 0.4) is 0 Å². The predicted molar refractivity (Wildman–Crippen MR) is 79.3 cm³/mol. The number of sulfonamides is 1. The molecule has 0 saturated carbocycles. The summed E-state index contributed by atoms with van der Waals surface area (Å²) >= 11 is 0. The molecule has 1 amide bonds. The fraction of sp³-hybridized carbons (Fsp3) is 0.200. The van der Waals surface area contributed by atoms with Crippen LogP contribution in [0.2, 0.25) is 0 Å². The van der Waals surface area contributed by atoms with Crippen LogP contribution in [0, 0.1) is 13.8 Å². The Morgan fingerprint density at radius 2 is 1.68 bits per heavy atom. The van der Waals surface area contributed by atoms with E-state index in [9.17, 15) is 18.0 Å². The molecule has 1 N–H and O–H groups in total. The molecule has 6 nitrogen and oxygen atoms in total. The Morgan fingerprint density at radius 1 is 1.09 bits per heavy atom. The third-order valence-corrected chi connectivity index (χ3v) is 4.43. The van der Waals surface area contributed by atoms with Crippen molar-refractivity contribution in [2.45, 2.75) is 25.7 Å². The van der Waals surface area contributed by atoms with E-state index < -0.39 is 15.9 Å². The molecule has 0 aliphatic heterocycles. The summed E-state index contributed by atoms with van der Waals surface area (Å²) in [5.41, 5.74) is 0.563. The Bertz CT molecular complexity index is 831. The molecule has 116 valence electrons. The number of amides is 1. The number of rotatable bonds is 4. The van der Waals surface area contributed by atoms with Gasteiger partial charge in [0.15, 0.2) is 5.78 Å². The zero-order valence-corrected chi connectivity index (χ0v) is 13.2. The van der Waals surface area contributed by atoms with Crippen LogP contribution in [0.4, 0.5) is 0 Å². The van der Waals surface area contributed by atoms with Gasteiger partial charge in [-0.1, -0.05) is 12.1 Å². The molecule has 0 saturated heterocycles. The van der Waals surface area contributed by atoms with Gasteiger partial charge in [0.25, 0.3) is 15.9 Å². The zero-order chi connectivity index (χ0) is 16.5. The van der Waals surface area contributed by atoms with E-state index >= 15 is 0 Å². The Kier molecular flexibility index (Phi) is 4.18. The van der Waals surface area contributed by atoms with E-state index in [2.05, 4.69) is 0 Å². The fourth-order valence-corrected chi connectivity index (χ4v) is 2.93. The van der Waals surface area contributed by atoms with Gasteiger partial charge in [0.05, 0.1) is 10.5 Å². The van der Waals surface area contributed by atoms with Gasteiger partial charge in [-0.25, -0.2) is 13.1 Å². The van der Waals surface area contributed by atoms with Crippen molar-refractivity contribution in [2.24, 2.45) is 0 Å². The first-order chi connectivity index (χ1) is 10.2. The van der Waals surface area contributed by atoms with Crippen molar-refractivity contribution in [3.63, 3.8) is 0 Å². The van der Waals surface area contributed by atoms with Crippen LogP contribution in [-0.4, -0.2) is 20.1 Å². The van der Waals surface area contributed by atoms with Crippen molar-refractivity contribution in [1.29, 1.82) is 0 Å². The largest absolute Gasteiger partial charge is 0.466 e. The third-order valence-electron chi connectivity index (χ3n) is 3.08. The van der Waals surface area contributed by atoms with Gasteiger partial charge >= 0.3 is 0 Å². The molecule has 7 heteroatoms. The van der Waals surface area contributed by atoms with Gasteiger partial charge in [-0.3, -0.25) is 9.59 Å². The molecule has 0 fully saturated rings. The quantitative estimate of drug-likeness (QED) is 0.871. The second-order valence-corrected chi connectivity index (χ2v) is 6.52. The maximum absolute atomic E-state index is 12.2. The molecule has 1 aromatic carbocycles. The molecule has 22 heavy (non-hydrogen) atoms. The highest BCUT2D eigenvalue weighted by Gasteiger charge is 2.21. The Morgan fingerprint density at radius 3 is 2.14 bits per heavy atom. The van der Waals surface area contributed by atoms with Crippen molar-refractivity contribution in [3.05, 3.63) is 53.0 Å². The third kappa shape index (κ3) is 3.25. The first-order valence-electron chi connectivity index (χ1n) is 6.46. The van der Waals surface area contributed by atoms with Gasteiger partial charge < -0.3 is 4.42 Å². The van der Waals surface area contributed by atoms with Crippen molar-refractivity contribution in [3.8, 4) is 0 Å². The Balaban J connectivity index is 2.25. The Hall–Kier alpha value is -2.41. The number of hydrogen-bond donors (Lipinski definition) is 1. The second-order valence-electron chi connectivity index (χ2n) is 4.84. The number of furan rings is 1. The molecule has 0 radical (unpaired) electrons. The number of aryl methyl sites for hydroxylation is 2. The van der Waals surface area contributed by atoms with E-state index in [0.717, 1.165) is 0 Å². The lowest BCUT2D eigenvalue weighted by Gasteiger charge is -2.06. The number of ketones is 1. The highest BCUT2D eigenvalue weighted by molar-refractivity contribution is 7.90. The number of hydrogen-bond acceptors (Lipinski definition) is 5. The topological polar surface area (TPSA) is 93.5 Å². The lowest BCUT2D eigenvalue weighted by atomic mass is 10.2. The van der Waals surface area contributed by atoms with Crippen molar-refractivity contribution >= 4 is 21.7 Å². The van der Waals surface area contributed by atoms with Crippen LogP contribution in [0.1, 0.15) is 39.2 Å². The van der Waals surface area contributed by atoms with Crippen molar-refractivity contribution in [2.75, 3.05) is 0 Å². The van der Waals surface area contributed by atoms with Crippen LogP contribution in [0.25, 0.3) is 0 Å². The number of Topliss-reactive ketones (excluding diaryl/α,β-unsaturated/α-hetero) is 1. The summed E-state index contributed by atoms with van der Waals surface area (Å²) in [4.78, 5) is 23.1. The van der Waals surface area contributed by atoms with E-state index in [1.54, 1.807) is 13.8 Å². The molecule has 2 aromatic rings. The molecule has 1 heterocycles. The normalized spacial score (nSPS) is 11.2. The molecule has 0 aliphatic rings. The first kappa shape index (κ1) is 16.0. The van der Waals surface area contributed by atoms with Crippen LogP contribution in [0.5, 0.6) is 0 Å². The smallest absolute Gasteiger partial charge is 0.268 e. The minimum absolute atomic E-state index is 0.0938. The molecule has 2 rings (SSSR count). The number of carbonyl (C=O) groups is 2. The molecule has 0 bridgehead atoms. The summed E-state index contributed by atoms with van der Waals surface area (Å²) in [5, 5.41) is 0. The lowest BCUT2D eigenvalue weighted by molar-refractivity contribution is 0.0977. The maximum Gasteiger partial charge on any atom is 0.268 e. The molecule has 0 aliphatic carbocycles. The second kappa shape index (κ2) is 5.76. The SMILES string of the molecule is CC(=O)c1ccc(S(=O)(=O)NC(=O)c2cc(C)oc2C)cc1. The Labute approximate surface area is 128 Å². The predicted octanol–water partition coefficient (Wildman–Crippen LogP) is 2.22. The first-order valence-corrected chi connectivity index (χ1v) is 7.94. The van der Waals surface area contributed by atoms with Gasteiger partial charge in [0, 0.05) is 5.56 Å². The van der Waals surface area contributed by atoms with Crippen LogP contribution in [-0.2, 0) is 10.0 Å². The molecule has 0 atom stereocenters. The summed E-state index contributed by atoms with van der Waals surface area (Å²) < 4.78 is 31.5. The standard InChI is InChI=1S/C15H15NO5S/c1-9-8-14(11(3)21-9)15(18)16-22(19,20)13-6-4-12(5-7-13)10(2)17/h4-8H,1-3H3,(H,16,18). The number of nitrogens with one attached hydrogen (secondary N) is 1. The minimum atomic E-state index is -4.01. The number of carbonyl (C=O) groups excluding carboxylic acids is 2. The van der Waals surface area contributed by atoms with E-state index in [1.165, 1.54) is 37.3 Å². The van der Waals surface area contributed by atoms with Gasteiger partial charge in [-0.2, -0.15) is 0 Å². The van der Waals surface area contributed by atoms with Crippen LogP contribution >= 0.6 is 0 Å².